The molecule has 0 saturated heterocycles. The van der Waals surface area contributed by atoms with Gasteiger partial charge in [-0.2, -0.15) is 0 Å². The van der Waals surface area contributed by atoms with E-state index in [0.717, 1.165) is 24.9 Å². The van der Waals surface area contributed by atoms with Crippen LogP contribution in [-0.4, -0.2) is 22.7 Å². The Morgan fingerprint density at radius 1 is 1.12 bits per heavy atom. The van der Waals surface area contributed by atoms with Crippen molar-refractivity contribution in [3.05, 3.63) is 63.2 Å². The van der Waals surface area contributed by atoms with Gasteiger partial charge in [0, 0.05) is 18.3 Å². The first-order chi connectivity index (χ1) is 12.2. The minimum absolute atomic E-state index is 0.372. The van der Waals surface area contributed by atoms with Crippen LogP contribution in [0.1, 0.15) is 31.9 Å². The Labute approximate surface area is 173 Å². The van der Waals surface area contributed by atoms with E-state index in [1.54, 1.807) is 0 Å². The lowest BCUT2D eigenvalue weighted by Crippen LogP contribution is -2.32. The van der Waals surface area contributed by atoms with Crippen molar-refractivity contribution in [1.82, 2.24) is 4.42 Å². The second-order valence-corrected chi connectivity index (χ2v) is 8.43. The minimum Gasteiger partial charge on any atom is -0.488 e. The summed E-state index contributed by atoms with van der Waals surface area (Å²) in [6.45, 7) is 6.34. The quantitative estimate of drug-likeness (QED) is 0.382. The Morgan fingerprint density at radius 3 is 2.42 bits per heavy atom. The van der Waals surface area contributed by atoms with Gasteiger partial charge in [-0.1, -0.05) is 36.4 Å². The van der Waals surface area contributed by atoms with Crippen LogP contribution in [0.5, 0.6) is 5.75 Å². The summed E-state index contributed by atoms with van der Waals surface area (Å²) < 4.78 is 13.2. The van der Waals surface area contributed by atoms with Gasteiger partial charge in [0.25, 0.3) is 0 Å². The SMILES string of the molecule is CC(C)(C)OC(=O)N(Cl)CCc1ccc(OCc2ccccc2)c(I)c1. The van der Waals surface area contributed by atoms with E-state index < -0.39 is 11.7 Å². The normalized spacial score (nSPS) is 11.1. The van der Waals surface area contributed by atoms with Gasteiger partial charge in [-0.3, -0.25) is 0 Å². The minimum atomic E-state index is -0.558. The van der Waals surface area contributed by atoms with Crippen molar-refractivity contribution in [2.75, 3.05) is 6.54 Å². The number of nitrogens with zero attached hydrogens (tertiary/aromatic N) is 1. The summed E-state index contributed by atoms with van der Waals surface area (Å²) in [5.41, 5.74) is 1.65. The van der Waals surface area contributed by atoms with Gasteiger partial charge in [0.2, 0.25) is 0 Å². The van der Waals surface area contributed by atoms with E-state index in [-0.39, 0.29) is 0 Å². The second-order valence-electron chi connectivity index (χ2n) is 6.86. The van der Waals surface area contributed by atoms with Crippen LogP contribution in [0.25, 0.3) is 0 Å². The molecule has 0 spiro atoms. The van der Waals surface area contributed by atoms with Crippen molar-refractivity contribution in [2.24, 2.45) is 0 Å². The van der Waals surface area contributed by atoms with Gasteiger partial charge in [0.1, 0.15) is 18.0 Å². The zero-order valence-corrected chi connectivity index (χ0v) is 18.1. The molecular weight excluding hydrogens is 465 g/mol. The van der Waals surface area contributed by atoms with Crippen LogP contribution in [0.3, 0.4) is 0 Å². The van der Waals surface area contributed by atoms with Gasteiger partial charge < -0.3 is 9.47 Å². The van der Waals surface area contributed by atoms with E-state index in [1.165, 1.54) is 0 Å². The average Bonchev–Trinajstić information content (AvgIpc) is 2.58. The molecule has 1 amide bonds. The topological polar surface area (TPSA) is 38.8 Å². The lowest BCUT2D eigenvalue weighted by molar-refractivity contribution is 0.0394. The third-order valence-corrected chi connectivity index (χ3v) is 4.57. The van der Waals surface area contributed by atoms with E-state index in [4.69, 9.17) is 21.3 Å². The van der Waals surface area contributed by atoms with Crippen LogP contribution >= 0.6 is 34.4 Å². The maximum atomic E-state index is 11.9. The molecule has 0 atom stereocenters. The van der Waals surface area contributed by atoms with Crippen molar-refractivity contribution in [1.29, 1.82) is 0 Å². The molecule has 0 aliphatic carbocycles. The van der Waals surface area contributed by atoms with Crippen molar-refractivity contribution < 1.29 is 14.3 Å². The molecule has 0 heterocycles. The van der Waals surface area contributed by atoms with Crippen LogP contribution in [0, 0.1) is 3.57 Å². The van der Waals surface area contributed by atoms with Crippen molar-refractivity contribution in [2.45, 2.75) is 39.4 Å². The Kier molecular flexibility index (Phi) is 7.58. The van der Waals surface area contributed by atoms with Gasteiger partial charge in [0.15, 0.2) is 0 Å². The highest BCUT2D eigenvalue weighted by atomic mass is 127. The Morgan fingerprint density at radius 2 is 1.81 bits per heavy atom. The molecule has 0 bridgehead atoms. The van der Waals surface area contributed by atoms with Crippen molar-refractivity contribution in [3.8, 4) is 5.75 Å². The Hall–Kier alpha value is -1.47. The van der Waals surface area contributed by atoms with E-state index in [1.807, 2.05) is 69.3 Å². The summed E-state index contributed by atoms with van der Waals surface area (Å²) in [6.07, 6.45) is 0.106. The predicted molar refractivity (Wildman–Crippen MR) is 112 cm³/mol. The average molecular weight is 488 g/mol. The third kappa shape index (κ3) is 7.03. The number of amides is 1. The fourth-order valence-corrected chi connectivity index (χ4v) is 3.04. The number of benzene rings is 2. The van der Waals surface area contributed by atoms with Crippen molar-refractivity contribution in [3.63, 3.8) is 0 Å². The van der Waals surface area contributed by atoms with E-state index in [9.17, 15) is 4.79 Å². The highest BCUT2D eigenvalue weighted by molar-refractivity contribution is 14.1. The van der Waals surface area contributed by atoms with E-state index in [0.29, 0.717) is 19.6 Å². The van der Waals surface area contributed by atoms with E-state index >= 15 is 0 Å². The van der Waals surface area contributed by atoms with Crippen LogP contribution in [-0.2, 0) is 17.8 Å². The molecule has 0 radical (unpaired) electrons. The molecule has 0 N–H and O–H groups in total. The summed E-state index contributed by atoms with van der Waals surface area (Å²) in [5.74, 6) is 0.841. The molecule has 0 aliphatic heterocycles. The molecule has 0 unspecified atom stereocenters. The molecule has 4 nitrogen and oxygen atoms in total. The van der Waals surface area contributed by atoms with Gasteiger partial charge in [-0.25, -0.2) is 9.21 Å². The molecule has 2 aromatic carbocycles. The fraction of sp³-hybridized carbons (Fsp3) is 0.350. The summed E-state index contributed by atoms with van der Waals surface area (Å²) in [6, 6.07) is 16.0. The standard InChI is InChI=1S/C20H23ClINO3/c1-20(2,3)26-19(24)23(21)12-11-15-9-10-18(17(22)13-15)25-14-16-7-5-4-6-8-16/h4-10,13H,11-12,14H2,1-3H3. The zero-order valence-electron chi connectivity index (χ0n) is 15.2. The highest BCUT2D eigenvalue weighted by Crippen LogP contribution is 2.24. The first kappa shape index (κ1) is 20.8. The highest BCUT2D eigenvalue weighted by Gasteiger charge is 2.20. The zero-order chi connectivity index (χ0) is 19.2. The molecule has 2 rings (SSSR count). The molecule has 2 aromatic rings. The Bertz CT molecular complexity index is 732. The van der Waals surface area contributed by atoms with Crippen LogP contribution in [0.15, 0.2) is 48.5 Å². The molecule has 0 aliphatic rings. The van der Waals surface area contributed by atoms with Gasteiger partial charge in [-0.15, -0.1) is 0 Å². The predicted octanol–water partition coefficient (Wildman–Crippen LogP) is 5.80. The number of ether oxygens (including phenoxy) is 2. The van der Waals surface area contributed by atoms with Crippen molar-refractivity contribution >= 4 is 40.5 Å². The molecule has 6 heteroatoms. The maximum absolute atomic E-state index is 11.9. The fourth-order valence-electron chi connectivity index (χ4n) is 2.18. The van der Waals surface area contributed by atoms with E-state index in [2.05, 4.69) is 22.6 Å². The summed E-state index contributed by atoms with van der Waals surface area (Å²) in [5, 5.41) is 0. The first-order valence-electron chi connectivity index (χ1n) is 8.36. The molecule has 140 valence electrons. The number of rotatable bonds is 6. The smallest absolute Gasteiger partial charge is 0.425 e. The molecular formula is C20H23ClINO3. The number of carbonyl (C=O) groups excluding carboxylic acids is 1. The largest absolute Gasteiger partial charge is 0.488 e. The lowest BCUT2D eigenvalue weighted by atomic mass is 10.1. The number of carbonyl (C=O) groups is 1. The third-order valence-electron chi connectivity index (χ3n) is 3.42. The second kappa shape index (κ2) is 9.46. The maximum Gasteiger partial charge on any atom is 0.425 e. The summed E-state index contributed by atoms with van der Waals surface area (Å²) >= 11 is 8.26. The van der Waals surface area contributed by atoms with Gasteiger partial charge >= 0.3 is 6.09 Å². The number of hydrogen-bond acceptors (Lipinski definition) is 3. The van der Waals surface area contributed by atoms with Gasteiger partial charge in [0.05, 0.1) is 3.57 Å². The summed E-state index contributed by atoms with van der Waals surface area (Å²) in [7, 11) is 0. The monoisotopic (exact) mass is 487 g/mol. The van der Waals surface area contributed by atoms with Crippen LogP contribution in [0.4, 0.5) is 4.79 Å². The molecule has 0 fully saturated rings. The number of hydrogen-bond donors (Lipinski definition) is 0. The Balaban J connectivity index is 1.87. The van der Waals surface area contributed by atoms with Crippen LogP contribution < -0.4 is 4.74 Å². The molecule has 0 saturated carbocycles. The summed E-state index contributed by atoms with van der Waals surface area (Å²) in [4.78, 5) is 11.9. The first-order valence-corrected chi connectivity index (χ1v) is 9.78. The number of halogens is 2. The lowest BCUT2D eigenvalue weighted by Gasteiger charge is -2.23. The van der Waals surface area contributed by atoms with Gasteiger partial charge in [-0.05, 0) is 73.0 Å². The molecule has 0 aromatic heterocycles. The van der Waals surface area contributed by atoms with Crippen LogP contribution in [0.2, 0.25) is 0 Å². The molecule has 26 heavy (non-hydrogen) atoms.